The maximum absolute atomic E-state index is 11.9. The Morgan fingerprint density at radius 1 is 1.19 bits per heavy atom. The molecule has 11 heteroatoms. The van der Waals surface area contributed by atoms with Gasteiger partial charge in [0.1, 0.15) is 5.03 Å². The number of carboxylic acid groups (broad SMARTS) is 1. The van der Waals surface area contributed by atoms with E-state index < -0.39 is 22.7 Å². The monoisotopic (exact) mass is 376 g/mol. The number of thioether (sulfide) groups is 1. The number of aromatic nitrogens is 1. The van der Waals surface area contributed by atoms with Crippen LogP contribution in [0.1, 0.15) is 20.7 Å². The van der Waals surface area contributed by atoms with E-state index in [2.05, 4.69) is 15.8 Å². The number of rotatable bonds is 6. The average molecular weight is 376 g/mol. The van der Waals surface area contributed by atoms with Crippen molar-refractivity contribution in [2.24, 2.45) is 0 Å². The fourth-order valence-corrected chi connectivity index (χ4v) is 2.58. The van der Waals surface area contributed by atoms with E-state index in [1.807, 2.05) is 0 Å². The predicted molar refractivity (Wildman–Crippen MR) is 90.6 cm³/mol. The van der Waals surface area contributed by atoms with Crippen molar-refractivity contribution in [1.29, 1.82) is 0 Å². The molecule has 0 aliphatic carbocycles. The molecular formula is C15H12N4O6S. The molecule has 2 aromatic rings. The molecule has 26 heavy (non-hydrogen) atoms. The van der Waals surface area contributed by atoms with E-state index in [1.54, 1.807) is 0 Å². The highest BCUT2D eigenvalue weighted by Crippen LogP contribution is 2.19. The summed E-state index contributed by atoms with van der Waals surface area (Å²) in [6.07, 6.45) is 1.40. The third kappa shape index (κ3) is 5.01. The smallest absolute Gasteiger partial charge is 0.338 e. The molecule has 3 N–H and O–H groups in total. The number of hydrogen-bond acceptors (Lipinski definition) is 7. The molecule has 0 aliphatic heterocycles. The van der Waals surface area contributed by atoms with Crippen LogP contribution in [-0.2, 0) is 4.79 Å². The largest absolute Gasteiger partial charge is 0.478 e. The first-order valence-corrected chi connectivity index (χ1v) is 8.02. The van der Waals surface area contributed by atoms with Crippen molar-refractivity contribution < 1.29 is 24.4 Å². The van der Waals surface area contributed by atoms with Crippen LogP contribution < -0.4 is 10.9 Å². The molecule has 1 aromatic carbocycles. The van der Waals surface area contributed by atoms with Gasteiger partial charge in [-0.2, -0.15) is 0 Å². The summed E-state index contributed by atoms with van der Waals surface area (Å²) in [5.74, 6) is -2.68. The van der Waals surface area contributed by atoms with Gasteiger partial charge < -0.3 is 5.11 Å². The maximum Gasteiger partial charge on any atom is 0.338 e. The van der Waals surface area contributed by atoms with Crippen LogP contribution in [0.15, 0.2) is 47.6 Å². The molecular weight excluding hydrogens is 364 g/mol. The van der Waals surface area contributed by atoms with E-state index in [-0.39, 0.29) is 27.6 Å². The number of carboxylic acids is 1. The number of carbonyl (C=O) groups excluding carboxylic acids is 2. The Kier molecular flexibility index (Phi) is 6.22. The lowest BCUT2D eigenvalue weighted by Gasteiger charge is -2.08. The lowest BCUT2D eigenvalue weighted by Crippen LogP contribution is -2.42. The molecule has 0 saturated carbocycles. The third-order valence-corrected chi connectivity index (χ3v) is 3.98. The highest BCUT2D eigenvalue weighted by atomic mass is 32.2. The zero-order valence-corrected chi connectivity index (χ0v) is 13.9. The number of hydrazine groups is 1. The van der Waals surface area contributed by atoms with Gasteiger partial charge in [0, 0.05) is 23.9 Å². The van der Waals surface area contributed by atoms with E-state index in [9.17, 15) is 24.5 Å². The number of amides is 2. The number of non-ortho nitro benzene ring substituents is 1. The van der Waals surface area contributed by atoms with Gasteiger partial charge in [-0.25, -0.2) is 9.78 Å². The van der Waals surface area contributed by atoms with Crippen LogP contribution in [-0.4, -0.2) is 38.6 Å². The molecule has 1 heterocycles. The van der Waals surface area contributed by atoms with Gasteiger partial charge in [0.25, 0.3) is 11.6 Å². The van der Waals surface area contributed by atoms with Gasteiger partial charge in [0.05, 0.1) is 16.2 Å². The van der Waals surface area contributed by atoms with Crippen molar-refractivity contribution in [2.75, 3.05) is 5.75 Å². The van der Waals surface area contributed by atoms with Gasteiger partial charge in [0.2, 0.25) is 5.91 Å². The number of hydrogen-bond donors (Lipinski definition) is 3. The highest BCUT2D eigenvalue weighted by molar-refractivity contribution is 8.00. The Morgan fingerprint density at radius 3 is 2.65 bits per heavy atom. The zero-order valence-electron chi connectivity index (χ0n) is 13.0. The van der Waals surface area contributed by atoms with Crippen LogP contribution in [0, 0.1) is 10.1 Å². The fraction of sp³-hybridized carbons (Fsp3) is 0.0667. The van der Waals surface area contributed by atoms with Crippen molar-refractivity contribution in [3.05, 3.63) is 63.8 Å². The summed E-state index contributed by atoms with van der Waals surface area (Å²) in [5.41, 5.74) is 3.99. The summed E-state index contributed by atoms with van der Waals surface area (Å²) in [6.45, 7) is 0. The third-order valence-electron chi connectivity index (χ3n) is 2.98. The van der Waals surface area contributed by atoms with E-state index in [0.717, 1.165) is 17.8 Å². The molecule has 1 aromatic heterocycles. The van der Waals surface area contributed by atoms with Crippen LogP contribution in [0.5, 0.6) is 0 Å². The number of nitrogens with one attached hydrogen (secondary N) is 2. The topological polar surface area (TPSA) is 152 Å². The standard InChI is InChI=1S/C15H12N4O6S/c20-12(8-26-14-11(15(22)23)5-2-6-16-14)17-18-13(21)9-3-1-4-10(7-9)19(24)25/h1-7H,8H2,(H,17,20)(H,18,21)(H,22,23). The van der Waals surface area contributed by atoms with Gasteiger partial charge in [-0.1, -0.05) is 17.8 Å². The first kappa shape index (κ1) is 18.9. The van der Waals surface area contributed by atoms with Crippen molar-refractivity contribution in [1.82, 2.24) is 15.8 Å². The summed E-state index contributed by atoms with van der Waals surface area (Å²) in [4.78, 5) is 48.7. The second kappa shape index (κ2) is 8.58. The maximum atomic E-state index is 11.9. The molecule has 10 nitrogen and oxygen atoms in total. The molecule has 0 radical (unpaired) electrons. The van der Waals surface area contributed by atoms with Gasteiger partial charge in [-0.15, -0.1) is 0 Å². The lowest BCUT2D eigenvalue weighted by molar-refractivity contribution is -0.384. The van der Waals surface area contributed by atoms with Gasteiger partial charge >= 0.3 is 5.97 Å². The van der Waals surface area contributed by atoms with Crippen molar-refractivity contribution in [3.63, 3.8) is 0 Å². The van der Waals surface area contributed by atoms with Gasteiger partial charge in [0.15, 0.2) is 0 Å². The van der Waals surface area contributed by atoms with E-state index in [0.29, 0.717) is 0 Å². The number of pyridine rings is 1. The minimum absolute atomic E-state index is 0.00467. The molecule has 0 aliphatic rings. The molecule has 0 saturated heterocycles. The normalized spacial score (nSPS) is 10.0. The summed E-state index contributed by atoms with van der Waals surface area (Å²) in [6, 6.07) is 7.84. The molecule has 0 bridgehead atoms. The second-order valence-corrected chi connectivity index (χ2v) is 5.72. The minimum Gasteiger partial charge on any atom is -0.478 e. The van der Waals surface area contributed by atoms with Crippen molar-refractivity contribution in [3.8, 4) is 0 Å². The predicted octanol–water partition coefficient (Wildman–Crippen LogP) is 1.24. The molecule has 134 valence electrons. The van der Waals surface area contributed by atoms with E-state index in [1.165, 1.54) is 36.5 Å². The van der Waals surface area contributed by atoms with E-state index >= 15 is 0 Å². The number of nitrogens with zero attached hydrogens (tertiary/aromatic N) is 2. The number of nitro groups is 1. The first-order valence-electron chi connectivity index (χ1n) is 7.03. The SMILES string of the molecule is O=C(CSc1ncccc1C(=O)O)NNC(=O)c1cccc([N+](=O)[O-])c1. The molecule has 0 unspecified atom stereocenters. The van der Waals surface area contributed by atoms with Crippen LogP contribution >= 0.6 is 11.8 Å². The molecule has 2 rings (SSSR count). The van der Waals surface area contributed by atoms with Crippen molar-refractivity contribution >= 4 is 35.2 Å². The molecule has 2 amide bonds. The Hall–Kier alpha value is -3.47. The van der Waals surface area contributed by atoms with E-state index in [4.69, 9.17) is 5.11 Å². The first-order chi connectivity index (χ1) is 12.4. The summed E-state index contributed by atoms with van der Waals surface area (Å²) in [7, 11) is 0. The molecule has 0 atom stereocenters. The Balaban J connectivity index is 1.89. The summed E-state index contributed by atoms with van der Waals surface area (Å²) < 4.78 is 0. The van der Waals surface area contributed by atoms with Crippen LogP contribution in [0.4, 0.5) is 5.69 Å². The Bertz CT molecular complexity index is 873. The van der Waals surface area contributed by atoms with Gasteiger partial charge in [-0.05, 0) is 18.2 Å². The lowest BCUT2D eigenvalue weighted by atomic mass is 10.2. The molecule has 0 fully saturated rings. The number of benzene rings is 1. The number of aromatic carboxylic acids is 1. The van der Waals surface area contributed by atoms with Gasteiger partial charge in [-0.3, -0.25) is 30.6 Å². The fourth-order valence-electron chi connectivity index (χ4n) is 1.80. The summed E-state index contributed by atoms with van der Waals surface area (Å²) >= 11 is 0.893. The van der Waals surface area contributed by atoms with Crippen molar-refractivity contribution in [2.45, 2.75) is 5.03 Å². The second-order valence-electron chi connectivity index (χ2n) is 4.76. The number of carbonyl (C=O) groups is 3. The Labute approximate surface area is 150 Å². The zero-order chi connectivity index (χ0) is 19.1. The summed E-state index contributed by atoms with van der Waals surface area (Å²) in [5, 5.41) is 19.9. The Morgan fingerprint density at radius 2 is 1.96 bits per heavy atom. The molecule has 0 spiro atoms. The van der Waals surface area contributed by atoms with Crippen LogP contribution in [0.2, 0.25) is 0 Å². The van der Waals surface area contributed by atoms with Crippen LogP contribution in [0.25, 0.3) is 0 Å². The average Bonchev–Trinajstić information content (AvgIpc) is 2.64. The highest BCUT2D eigenvalue weighted by Gasteiger charge is 2.14. The quantitative estimate of drug-likeness (QED) is 0.387. The van der Waals surface area contributed by atoms with Crippen LogP contribution in [0.3, 0.4) is 0 Å². The minimum atomic E-state index is -1.17. The number of nitro benzene ring substituents is 1.